The number of piperazine rings is 1. The van der Waals surface area contributed by atoms with Crippen molar-refractivity contribution >= 4 is 5.91 Å². The van der Waals surface area contributed by atoms with Crippen LogP contribution in [0.2, 0.25) is 0 Å². The van der Waals surface area contributed by atoms with Crippen LogP contribution >= 0.6 is 0 Å². The minimum absolute atomic E-state index is 0.208. The number of rotatable bonds is 7. The Kier molecular flexibility index (Phi) is 6.36. The molecule has 0 spiro atoms. The lowest BCUT2D eigenvalue weighted by Gasteiger charge is -2.34. The molecule has 0 unspecified atom stereocenters. The Bertz CT molecular complexity index is 823. The van der Waals surface area contributed by atoms with Gasteiger partial charge in [0.2, 0.25) is 0 Å². The van der Waals surface area contributed by atoms with Crippen LogP contribution in [-0.4, -0.2) is 70.5 Å². The first-order chi connectivity index (χ1) is 13.1. The van der Waals surface area contributed by atoms with Crippen molar-refractivity contribution in [2.24, 2.45) is 0 Å². The first kappa shape index (κ1) is 19.2. The first-order valence-corrected chi connectivity index (χ1v) is 9.08. The quantitative estimate of drug-likeness (QED) is 0.652. The van der Waals surface area contributed by atoms with Crippen molar-refractivity contribution in [1.82, 2.24) is 24.7 Å². The van der Waals surface area contributed by atoms with Crippen molar-refractivity contribution in [2.75, 3.05) is 39.9 Å². The summed E-state index contributed by atoms with van der Waals surface area (Å²) < 4.78 is 11.3. The molecule has 2 aromatic rings. The van der Waals surface area contributed by atoms with E-state index in [1.807, 2.05) is 6.92 Å². The fourth-order valence-corrected chi connectivity index (χ4v) is 3.14. The van der Waals surface area contributed by atoms with Gasteiger partial charge in [-0.05, 0) is 25.5 Å². The van der Waals surface area contributed by atoms with Gasteiger partial charge in [-0.2, -0.15) is 0 Å². The van der Waals surface area contributed by atoms with Gasteiger partial charge in [-0.25, -0.2) is 4.63 Å². The lowest BCUT2D eigenvalue weighted by molar-refractivity contribution is 0.0623. The summed E-state index contributed by atoms with van der Waals surface area (Å²) in [6, 6.07) is 3.35. The van der Waals surface area contributed by atoms with Crippen LogP contribution in [0.1, 0.15) is 28.2 Å². The van der Waals surface area contributed by atoms with Crippen molar-refractivity contribution in [3.8, 4) is 0 Å². The number of ether oxygens (including phenoxy) is 1. The molecule has 2 aromatic heterocycles. The van der Waals surface area contributed by atoms with E-state index < -0.39 is 0 Å². The van der Waals surface area contributed by atoms with Crippen molar-refractivity contribution in [2.45, 2.75) is 26.4 Å². The van der Waals surface area contributed by atoms with Crippen LogP contribution < -0.4 is 5.56 Å². The summed E-state index contributed by atoms with van der Waals surface area (Å²) in [5, 5.41) is 7.69. The zero-order valence-electron chi connectivity index (χ0n) is 15.8. The van der Waals surface area contributed by atoms with Crippen molar-refractivity contribution in [3.05, 3.63) is 45.6 Å². The lowest BCUT2D eigenvalue weighted by Crippen LogP contribution is -2.49. The number of carbonyl (C=O) groups is 1. The van der Waals surface area contributed by atoms with Crippen molar-refractivity contribution < 1.29 is 14.2 Å². The predicted molar refractivity (Wildman–Crippen MR) is 97.4 cm³/mol. The van der Waals surface area contributed by atoms with Crippen LogP contribution in [0.5, 0.6) is 0 Å². The van der Waals surface area contributed by atoms with Gasteiger partial charge in [0.15, 0.2) is 0 Å². The van der Waals surface area contributed by atoms with Gasteiger partial charge in [0.05, 0.1) is 0 Å². The van der Waals surface area contributed by atoms with E-state index >= 15 is 0 Å². The molecule has 1 fully saturated rings. The third kappa shape index (κ3) is 4.61. The molecular weight excluding hydrogens is 350 g/mol. The van der Waals surface area contributed by atoms with Gasteiger partial charge in [-0.1, -0.05) is 10.3 Å². The van der Waals surface area contributed by atoms with Crippen molar-refractivity contribution in [1.29, 1.82) is 0 Å². The molecule has 3 rings (SSSR count). The van der Waals surface area contributed by atoms with Gasteiger partial charge in [-0.15, -0.1) is 0 Å². The highest BCUT2D eigenvalue weighted by atomic mass is 16.6. The smallest absolute Gasteiger partial charge is 0.263 e. The SMILES string of the molecule is COCCCn1cccc(C(=O)N2CCN(Cc3nonc3C)CC2)c1=O. The Morgan fingerprint density at radius 2 is 2.04 bits per heavy atom. The van der Waals surface area contributed by atoms with E-state index in [1.165, 1.54) is 0 Å². The number of aryl methyl sites for hydroxylation is 2. The summed E-state index contributed by atoms with van der Waals surface area (Å²) in [5.41, 5.74) is 1.58. The number of nitrogens with zero attached hydrogens (tertiary/aromatic N) is 5. The van der Waals surface area contributed by atoms with Gasteiger partial charge in [0.1, 0.15) is 17.0 Å². The molecule has 9 heteroatoms. The molecule has 0 radical (unpaired) electrons. The average molecular weight is 375 g/mol. The summed E-state index contributed by atoms with van der Waals surface area (Å²) in [7, 11) is 1.63. The molecular formula is C18H25N5O4. The minimum Gasteiger partial charge on any atom is -0.385 e. The van der Waals surface area contributed by atoms with E-state index in [0.717, 1.165) is 17.8 Å². The fraction of sp³-hybridized carbons (Fsp3) is 0.556. The second-order valence-electron chi connectivity index (χ2n) is 6.63. The highest BCUT2D eigenvalue weighted by Crippen LogP contribution is 2.11. The van der Waals surface area contributed by atoms with Gasteiger partial charge >= 0.3 is 0 Å². The lowest BCUT2D eigenvalue weighted by atomic mass is 10.2. The van der Waals surface area contributed by atoms with Crippen LogP contribution in [0.15, 0.2) is 27.8 Å². The van der Waals surface area contributed by atoms with Crippen LogP contribution in [0.3, 0.4) is 0 Å². The molecule has 146 valence electrons. The molecule has 0 N–H and O–H groups in total. The number of amides is 1. The summed E-state index contributed by atoms with van der Waals surface area (Å²) in [6.45, 7) is 6.19. The molecule has 27 heavy (non-hydrogen) atoms. The van der Waals surface area contributed by atoms with E-state index in [-0.39, 0.29) is 17.0 Å². The predicted octanol–water partition coefficient (Wildman–Crippen LogP) is 0.534. The van der Waals surface area contributed by atoms with Gasteiger partial charge < -0.3 is 14.2 Å². The third-order valence-electron chi connectivity index (χ3n) is 4.78. The molecule has 1 aliphatic rings. The fourth-order valence-electron chi connectivity index (χ4n) is 3.14. The average Bonchev–Trinajstić information content (AvgIpc) is 3.08. The van der Waals surface area contributed by atoms with Gasteiger partial charge in [0.25, 0.3) is 11.5 Å². The zero-order valence-corrected chi connectivity index (χ0v) is 15.8. The monoisotopic (exact) mass is 375 g/mol. The summed E-state index contributed by atoms with van der Waals surface area (Å²) in [6.07, 6.45) is 2.43. The zero-order chi connectivity index (χ0) is 19.2. The molecule has 0 aromatic carbocycles. The Hall–Kier alpha value is -2.52. The van der Waals surface area contributed by atoms with Crippen LogP contribution in [0, 0.1) is 6.92 Å². The van der Waals surface area contributed by atoms with E-state index in [0.29, 0.717) is 45.9 Å². The molecule has 0 saturated carbocycles. The number of methoxy groups -OCH3 is 1. The highest BCUT2D eigenvalue weighted by molar-refractivity contribution is 5.93. The number of carbonyl (C=O) groups excluding carboxylic acids is 1. The maximum atomic E-state index is 12.8. The molecule has 1 aliphatic heterocycles. The van der Waals surface area contributed by atoms with E-state index in [2.05, 4.69) is 15.2 Å². The molecule has 9 nitrogen and oxygen atoms in total. The second kappa shape index (κ2) is 8.92. The molecule has 1 amide bonds. The minimum atomic E-state index is -0.245. The molecule has 0 bridgehead atoms. The standard InChI is InChI=1S/C18H25N5O4/c1-14-16(20-27-19-14)13-21-8-10-23(11-9-21)18(25)15-5-3-6-22(17(15)24)7-4-12-26-2/h3,5-6H,4,7-13H2,1-2H3. The van der Waals surface area contributed by atoms with E-state index in [4.69, 9.17) is 9.37 Å². The number of pyridine rings is 1. The molecule has 0 atom stereocenters. The molecule has 3 heterocycles. The van der Waals surface area contributed by atoms with Crippen molar-refractivity contribution in [3.63, 3.8) is 0 Å². The van der Waals surface area contributed by atoms with Crippen LogP contribution in [0.25, 0.3) is 0 Å². The maximum Gasteiger partial charge on any atom is 0.263 e. The van der Waals surface area contributed by atoms with Crippen LogP contribution in [0.4, 0.5) is 0 Å². The number of aromatic nitrogens is 3. The Labute approximate surface area is 157 Å². The first-order valence-electron chi connectivity index (χ1n) is 9.08. The molecule has 0 aliphatic carbocycles. The summed E-state index contributed by atoms with van der Waals surface area (Å²) >= 11 is 0. The Balaban J connectivity index is 1.60. The summed E-state index contributed by atoms with van der Waals surface area (Å²) in [5.74, 6) is -0.208. The van der Waals surface area contributed by atoms with E-state index in [9.17, 15) is 9.59 Å². The highest BCUT2D eigenvalue weighted by Gasteiger charge is 2.25. The normalized spacial score (nSPS) is 15.3. The number of hydrogen-bond donors (Lipinski definition) is 0. The Morgan fingerprint density at radius 1 is 1.26 bits per heavy atom. The maximum absolute atomic E-state index is 12.8. The van der Waals surface area contributed by atoms with Gasteiger partial charge in [-0.3, -0.25) is 14.5 Å². The van der Waals surface area contributed by atoms with Gasteiger partial charge in [0, 0.05) is 59.2 Å². The summed E-state index contributed by atoms with van der Waals surface area (Å²) in [4.78, 5) is 29.3. The largest absolute Gasteiger partial charge is 0.385 e. The topological polar surface area (TPSA) is 93.7 Å². The molecule has 1 saturated heterocycles. The van der Waals surface area contributed by atoms with Crippen LogP contribution in [-0.2, 0) is 17.8 Å². The Morgan fingerprint density at radius 3 is 2.70 bits per heavy atom. The third-order valence-corrected chi connectivity index (χ3v) is 4.78. The number of hydrogen-bond acceptors (Lipinski definition) is 7. The van der Waals surface area contributed by atoms with E-state index in [1.54, 1.807) is 34.9 Å². The second-order valence-corrected chi connectivity index (χ2v) is 6.63.